The maximum absolute atomic E-state index is 10.4. The zero-order chi connectivity index (χ0) is 10.6. The molecule has 0 spiro atoms. The number of benzene rings is 1. The average Bonchev–Trinajstić information content (AvgIpc) is 2.17. The van der Waals surface area contributed by atoms with Crippen LogP contribution in [0.1, 0.15) is 23.6 Å². The van der Waals surface area contributed by atoms with E-state index >= 15 is 0 Å². The molecular weight excluding hydrogens is 216 g/mol. The Labute approximate surface area is 93.7 Å². The average molecular weight is 227 g/mol. The lowest BCUT2D eigenvalue weighted by Crippen LogP contribution is -2.14. The van der Waals surface area contributed by atoms with Crippen LogP contribution in [0.5, 0.6) is 0 Å². The molecule has 1 rings (SSSR count). The smallest absolute Gasteiger partial charge is 0.305 e. The molecule has 5 heteroatoms. The van der Waals surface area contributed by atoms with E-state index in [1.807, 2.05) is 6.07 Å². The summed E-state index contributed by atoms with van der Waals surface area (Å²) >= 11 is 0. The number of carbonyl (C=O) groups is 1. The normalized spacial score (nSPS) is 10.9. The van der Waals surface area contributed by atoms with Crippen LogP contribution in [0.4, 0.5) is 0 Å². The van der Waals surface area contributed by atoms with Crippen molar-refractivity contribution in [3.8, 4) is 6.07 Å². The number of halogens is 1. The van der Waals surface area contributed by atoms with Gasteiger partial charge < -0.3 is 10.8 Å². The maximum Gasteiger partial charge on any atom is 0.305 e. The number of rotatable bonds is 3. The molecule has 0 saturated heterocycles. The molecule has 1 aromatic rings. The lowest BCUT2D eigenvalue weighted by atomic mass is 10.0. The third kappa shape index (κ3) is 3.98. The fourth-order valence-electron chi connectivity index (χ4n) is 1.11. The van der Waals surface area contributed by atoms with Crippen LogP contribution in [0.25, 0.3) is 0 Å². The molecule has 15 heavy (non-hydrogen) atoms. The van der Waals surface area contributed by atoms with Crippen molar-refractivity contribution in [2.24, 2.45) is 5.73 Å². The number of nitrogens with two attached hydrogens (primary N) is 1. The summed E-state index contributed by atoms with van der Waals surface area (Å²) in [5.74, 6) is -0.929. The summed E-state index contributed by atoms with van der Waals surface area (Å²) in [5, 5.41) is 17.1. The van der Waals surface area contributed by atoms with Gasteiger partial charge in [-0.15, -0.1) is 12.4 Å². The number of hydrogen-bond acceptors (Lipinski definition) is 3. The van der Waals surface area contributed by atoms with Crippen molar-refractivity contribution in [3.05, 3.63) is 35.4 Å². The van der Waals surface area contributed by atoms with Gasteiger partial charge in [-0.2, -0.15) is 5.26 Å². The van der Waals surface area contributed by atoms with E-state index in [0.29, 0.717) is 5.56 Å². The number of carboxylic acid groups (broad SMARTS) is 1. The van der Waals surface area contributed by atoms with E-state index in [2.05, 4.69) is 0 Å². The topological polar surface area (TPSA) is 87.1 Å². The van der Waals surface area contributed by atoms with Crippen molar-refractivity contribution in [3.63, 3.8) is 0 Å². The lowest BCUT2D eigenvalue weighted by molar-refractivity contribution is -0.137. The molecule has 4 nitrogen and oxygen atoms in total. The summed E-state index contributed by atoms with van der Waals surface area (Å²) in [6, 6.07) is 8.05. The molecule has 0 aliphatic rings. The van der Waals surface area contributed by atoms with Crippen LogP contribution < -0.4 is 5.73 Å². The number of nitrogens with zero attached hydrogens (tertiary/aromatic N) is 1. The molecule has 0 aliphatic carbocycles. The largest absolute Gasteiger partial charge is 0.481 e. The van der Waals surface area contributed by atoms with Gasteiger partial charge in [0.15, 0.2) is 0 Å². The number of nitriles is 1. The van der Waals surface area contributed by atoms with Gasteiger partial charge >= 0.3 is 5.97 Å². The van der Waals surface area contributed by atoms with Gasteiger partial charge in [0.25, 0.3) is 0 Å². The first-order valence-electron chi connectivity index (χ1n) is 4.11. The highest BCUT2D eigenvalue weighted by atomic mass is 35.5. The summed E-state index contributed by atoms with van der Waals surface area (Å²) < 4.78 is 0. The van der Waals surface area contributed by atoms with Crippen LogP contribution in [0, 0.1) is 11.3 Å². The van der Waals surface area contributed by atoms with Crippen molar-refractivity contribution in [2.45, 2.75) is 12.5 Å². The highest BCUT2D eigenvalue weighted by Gasteiger charge is 2.09. The Morgan fingerprint density at radius 1 is 1.47 bits per heavy atom. The Morgan fingerprint density at radius 2 is 2.00 bits per heavy atom. The van der Waals surface area contributed by atoms with Crippen LogP contribution in [0.15, 0.2) is 24.3 Å². The minimum atomic E-state index is -0.929. The highest BCUT2D eigenvalue weighted by Crippen LogP contribution is 2.14. The summed E-state index contributed by atoms with van der Waals surface area (Å²) in [6.07, 6.45) is -0.105. The molecule has 0 fully saturated rings. The van der Waals surface area contributed by atoms with Gasteiger partial charge in [0.1, 0.15) is 0 Å². The van der Waals surface area contributed by atoms with Crippen LogP contribution in [0.2, 0.25) is 0 Å². The molecule has 1 aromatic carbocycles. The third-order valence-electron chi connectivity index (χ3n) is 1.86. The first kappa shape index (κ1) is 13.4. The quantitative estimate of drug-likeness (QED) is 0.817. The van der Waals surface area contributed by atoms with Crippen molar-refractivity contribution in [1.82, 2.24) is 0 Å². The fourth-order valence-corrected chi connectivity index (χ4v) is 1.11. The Kier molecular flexibility index (Phi) is 5.39. The summed E-state index contributed by atoms with van der Waals surface area (Å²) in [5.41, 5.74) is 6.89. The highest BCUT2D eigenvalue weighted by molar-refractivity contribution is 5.85. The summed E-state index contributed by atoms with van der Waals surface area (Å²) in [7, 11) is 0. The lowest BCUT2D eigenvalue weighted by Gasteiger charge is -2.08. The molecular formula is C10H11ClN2O2. The van der Waals surface area contributed by atoms with E-state index in [4.69, 9.17) is 16.1 Å². The number of hydrogen-bond donors (Lipinski definition) is 2. The molecule has 0 aromatic heterocycles. The third-order valence-corrected chi connectivity index (χ3v) is 1.86. The second kappa shape index (κ2) is 6.02. The minimum absolute atomic E-state index is 0. The van der Waals surface area contributed by atoms with Gasteiger partial charge in [0.05, 0.1) is 18.1 Å². The van der Waals surface area contributed by atoms with Crippen molar-refractivity contribution in [2.75, 3.05) is 0 Å². The van der Waals surface area contributed by atoms with Crippen molar-refractivity contribution >= 4 is 18.4 Å². The Hall–Kier alpha value is -1.57. The molecule has 0 amide bonds. The van der Waals surface area contributed by atoms with Crippen LogP contribution >= 0.6 is 12.4 Å². The first-order valence-corrected chi connectivity index (χ1v) is 4.11. The first-order chi connectivity index (χ1) is 6.63. The Balaban J connectivity index is 0.00000196. The number of carboxylic acids is 1. The predicted molar refractivity (Wildman–Crippen MR) is 57.6 cm³/mol. The van der Waals surface area contributed by atoms with Crippen LogP contribution in [0.3, 0.4) is 0 Å². The van der Waals surface area contributed by atoms with Crippen LogP contribution in [-0.2, 0) is 4.79 Å². The van der Waals surface area contributed by atoms with Gasteiger partial charge in [0, 0.05) is 6.04 Å². The molecule has 1 unspecified atom stereocenters. The fraction of sp³-hybridized carbons (Fsp3) is 0.200. The predicted octanol–water partition coefficient (Wildman–Crippen LogP) is 1.45. The molecule has 80 valence electrons. The van der Waals surface area contributed by atoms with E-state index < -0.39 is 12.0 Å². The molecule has 0 radical (unpaired) electrons. The maximum atomic E-state index is 10.4. The summed E-state index contributed by atoms with van der Waals surface area (Å²) in [4.78, 5) is 10.4. The zero-order valence-electron chi connectivity index (χ0n) is 7.88. The monoisotopic (exact) mass is 226 g/mol. The second-order valence-electron chi connectivity index (χ2n) is 2.94. The van der Waals surface area contributed by atoms with Gasteiger partial charge in [0.2, 0.25) is 0 Å². The molecule has 0 bridgehead atoms. The summed E-state index contributed by atoms with van der Waals surface area (Å²) in [6.45, 7) is 0. The second-order valence-corrected chi connectivity index (χ2v) is 2.94. The Morgan fingerprint density at radius 3 is 2.40 bits per heavy atom. The molecule has 3 N–H and O–H groups in total. The van der Waals surface area contributed by atoms with E-state index in [9.17, 15) is 4.79 Å². The van der Waals surface area contributed by atoms with Gasteiger partial charge in [-0.3, -0.25) is 4.79 Å². The SMILES string of the molecule is Cl.N#Cc1ccc(C(N)CC(=O)O)cc1. The van der Waals surface area contributed by atoms with Crippen molar-refractivity contribution < 1.29 is 9.90 Å². The molecule has 0 heterocycles. The molecule has 0 saturated carbocycles. The van der Waals surface area contributed by atoms with E-state index in [1.54, 1.807) is 24.3 Å². The molecule has 1 atom stereocenters. The van der Waals surface area contributed by atoms with E-state index in [0.717, 1.165) is 5.56 Å². The number of aliphatic carboxylic acids is 1. The van der Waals surface area contributed by atoms with E-state index in [1.165, 1.54) is 0 Å². The standard InChI is InChI=1S/C10H10N2O2.ClH/c11-6-7-1-3-8(4-2-7)9(12)5-10(13)14;/h1-4,9H,5,12H2,(H,13,14);1H. The van der Waals surface area contributed by atoms with E-state index in [-0.39, 0.29) is 18.8 Å². The minimum Gasteiger partial charge on any atom is -0.481 e. The van der Waals surface area contributed by atoms with Gasteiger partial charge in [-0.05, 0) is 17.7 Å². The zero-order valence-corrected chi connectivity index (χ0v) is 8.70. The van der Waals surface area contributed by atoms with Crippen LogP contribution in [-0.4, -0.2) is 11.1 Å². The van der Waals surface area contributed by atoms with Gasteiger partial charge in [-0.1, -0.05) is 12.1 Å². The molecule has 0 aliphatic heterocycles. The van der Waals surface area contributed by atoms with Crippen molar-refractivity contribution in [1.29, 1.82) is 5.26 Å². The van der Waals surface area contributed by atoms with Gasteiger partial charge in [-0.25, -0.2) is 0 Å². The Bertz CT molecular complexity index is 370.